The molecule has 1 N–H and O–H groups in total. The smallest absolute Gasteiger partial charge is 0.0539 e. The average Bonchev–Trinajstić information content (AvgIpc) is 3.10. The van der Waals surface area contributed by atoms with Gasteiger partial charge in [0.1, 0.15) is 0 Å². The molecule has 18 heavy (non-hydrogen) atoms. The van der Waals surface area contributed by atoms with Gasteiger partial charge in [0.25, 0.3) is 0 Å². The molecule has 2 heterocycles. The van der Waals surface area contributed by atoms with Gasteiger partial charge in [-0.1, -0.05) is 0 Å². The minimum atomic E-state index is 0.253. The van der Waals surface area contributed by atoms with Crippen LogP contribution in [0.25, 0.3) is 0 Å². The van der Waals surface area contributed by atoms with Crippen molar-refractivity contribution in [1.82, 2.24) is 10.3 Å². The van der Waals surface area contributed by atoms with Gasteiger partial charge in [-0.05, 0) is 53.7 Å². The minimum Gasteiger partial charge on any atom is -0.381 e. The van der Waals surface area contributed by atoms with E-state index in [0.717, 1.165) is 43.1 Å². The molecule has 0 bridgehead atoms. The number of hydrogen-bond acceptors (Lipinski definition) is 3. The Balaban J connectivity index is 1.66. The summed E-state index contributed by atoms with van der Waals surface area (Å²) in [7, 11) is 0. The third-order valence-electron chi connectivity index (χ3n) is 3.87. The molecule has 3 rings (SSSR count). The molecule has 1 atom stereocenters. The Morgan fingerprint density at radius 3 is 2.94 bits per heavy atom. The first-order valence-corrected chi connectivity index (χ1v) is 7.47. The first-order chi connectivity index (χ1) is 8.76. The normalized spacial score (nSPS) is 27.6. The summed E-state index contributed by atoms with van der Waals surface area (Å²) < 4.78 is 6.67. The van der Waals surface area contributed by atoms with Crippen LogP contribution in [0, 0.1) is 5.41 Å². The second-order valence-corrected chi connectivity index (χ2v) is 6.52. The topological polar surface area (TPSA) is 34.1 Å². The van der Waals surface area contributed by atoms with E-state index in [2.05, 4.69) is 38.4 Å². The average molecular weight is 311 g/mol. The molecule has 1 aromatic heterocycles. The van der Waals surface area contributed by atoms with E-state index in [-0.39, 0.29) is 5.41 Å². The van der Waals surface area contributed by atoms with Gasteiger partial charge in [0.15, 0.2) is 0 Å². The van der Waals surface area contributed by atoms with Crippen molar-refractivity contribution >= 4 is 15.9 Å². The fourth-order valence-electron chi connectivity index (χ4n) is 2.53. The molecule has 1 saturated carbocycles. The van der Waals surface area contributed by atoms with Crippen LogP contribution < -0.4 is 5.32 Å². The highest BCUT2D eigenvalue weighted by Crippen LogP contribution is 2.33. The van der Waals surface area contributed by atoms with Crippen molar-refractivity contribution in [2.45, 2.75) is 31.7 Å². The van der Waals surface area contributed by atoms with E-state index in [0.29, 0.717) is 0 Å². The van der Waals surface area contributed by atoms with Crippen molar-refractivity contribution in [2.24, 2.45) is 5.41 Å². The Morgan fingerprint density at radius 1 is 1.44 bits per heavy atom. The number of nitrogens with one attached hydrogen (secondary N) is 1. The number of aromatic nitrogens is 1. The molecule has 1 aromatic rings. The maximum Gasteiger partial charge on any atom is 0.0539 e. The van der Waals surface area contributed by atoms with Crippen molar-refractivity contribution in [1.29, 1.82) is 0 Å². The molecule has 0 amide bonds. The Kier molecular flexibility index (Phi) is 3.68. The summed E-state index contributed by atoms with van der Waals surface area (Å²) in [6.07, 6.45) is 6.72. The standard InChI is InChI=1S/C14H19BrN2O/c15-11-1-2-13(16-8-11)7-14(5-6-18-10-14)9-17-12-3-4-12/h1-2,8,12,17H,3-7,9-10H2. The van der Waals surface area contributed by atoms with Crippen molar-refractivity contribution in [3.05, 3.63) is 28.5 Å². The quantitative estimate of drug-likeness (QED) is 0.907. The highest BCUT2D eigenvalue weighted by molar-refractivity contribution is 9.10. The summed E-state index contributed by atoms with van der Waals surface area (Å²) in [5.74, 6) is 0. The van der Waals surface area contributed by atoms with Gasteiger partial charge < -0.3 is 10.1 Å². The summed E-state index contributed by atoms with van der Waals surface area (Å²) in [6.45, 7) is 2.82. The van der Waals surface area contributed by atoms with Crippen LogP contribution in [0.15, 0.2) is 22.8 Å². The van der Waals surface area contributed by atoms with Gasteiger partial charge >= 0.3 is 0 Å². The van der Waals surface area contributed by atoms with Gasteiger partial charge in [-0.25, -0.2) is 0 Å². The summed E-state index contributed by atoms with van der Waals surface area (Å²) in [5.41, 5.74) is 1.42. The first-order valence-electron chi connectivity index (χ1n) is 6.67. The van der Waals surface area contributed by atoms with Crippen molar-refractivity contribution in [3.63, 3.8) is 0 Å². The van der Waals surface area contributed by atoms with Crippen LogP contribution in [0.5, 0.6) is 0 Å². The van der Waals surface area contributed by atoms with Gasteiger partial charge in [-0.15, -0.1) is 0 Å². The molecule has 2 fully saturated rings. The second-order valence-electron chi connectivity index (χ2n) is 5.60. The molecule has 98 valence electrons. The molecule has 0 spiro atoms. The highest BCUT2D eigenvalue weighted by atomic mass is 79.9. The molecule has 4 heteroatoms. The Morgan fingerprint density at radius 2 is 2.33 bits per heavy atom. The van der Waals surface area contributed by atoms with E-state index in [1.165, 1.54) is 18.5 Å². The van der Waals surface area contributed by atoms with Gasteiger partial charge in [0, 0.05) is 41.0 Å². The van der Waals surface area contributed by atoms with Gasteiger partial charge in [-0.3, -0.25) is 4.98 Å². The van der Waals surface area contributed by atoms with Crippen LogP contribution in [0.3, 0.4) is 0 Å². The zero-order chi connectivity index (χ0) is 12.4. The zero-order valence-corrected chi connectivity index (χ0v) is 12.1. The number of halogens is 1. The van der Waals surface area contributed by atoms with Crippen LogP contribution in [0.1, 0.15) is 25.0 Å². The molecule has 3 nitrogen and oxygen atoms in total. The third-order valence-corrected chi connectivity index (χ3v) is 4.34. The first kappa shape index (κ1) is 12.6. The van der Waals surface area contributed by atoms with Crippen molar-refractivity contribution < 1.29 is 4.74 Å². The summed E-state index contributed by atoms with van der Waals surface area (Å²) in [5, 5.41) is 3.65. The Hall–Kier alpha value is -0.450. The van der Waals surface area contributed by atoms with Gasteiger partial charge in [0.05, 0.1) is 6.61 Å². The van der Waals surface area contributed by atoms with E-state index in [9.17, 15) is 0 Å². The molecular weight excluding hydrogens is 292 g/mol. The van der Waals surface area contributed by atoms with Crippen LogP contribution in [-0.4, -0.2) is 30.8 Å². The molecule has 2 aliphatic rings. The molecule has 1 saturated heterocycles. The maximum absolute atomic E-state index is 5.63. The SMILES string of the molecule is Brc1ccc(CC2(CNC3CC3)CCOC2)nc1. The number of ether oxygens (including phenoxy) is 1. The Labute approximate surface area is 116 Å². The second kappa shape index (κ2) is 5.27. The summed E-state index contributed by atoms with van der Waals surface area (Å²) >= 11 is 3.43. The van der Waals surface area contributed by atoms with E-state index in [1.54, 1.807) is 0 Å². The van der Waals surface area contributed by atoms with E-state index < -0.39 is 0 Å². The Bertz CT molecular complexity index is 397. The van der Waals surface area contributed by atoms with E-state index in [4.69, 9.17) is 4.74 Å². The lowest BCUT2D eigenvalue weighted by atomic mass is 9.82. The molecule has 1 unspecified atom stereocenters. The van der Waals surface area contributed by atoms with Crippen LogP contribution >= 0.6 is 15.9 Å². The van der Waals surface area contributed by atoms with Crippen LogP contribution in [0.2, 0.25) is 0 Å². The lowest BCUT2D eigenvalue weighted by molar-refractivity contribution is 0.148. The molecule has 1 aliphatic heterocycles. The fraction of sp³-hybridized carbons (Fsp3) is 0.643. The fourth-order valence-corrected chi connectivity index (χ4v) is 2.77. The van der Waals surface area contributed by atoms with Crippen LogP contribution in [0.4, 0.5) is 0 Å². The summed E-state index contributed by atoms with van der Waals surface area (Å²) in [6, 6.07) is 4.95. The molecular formula is C14H19BrN2O. The van der Waals surface area contributed by atoms with Crippen molar-refractivity contribution in [2.75, 3.05) is 19.8 Å². The van der Waals surface area contributed by atoms with E-state index >= 15 is 0 Å². The summed E-state index contributed by atoms with van der Waals surface area (Å²) in [4.78, 5) is 4.50. The predicted octanol–water partition coefficient (Wildman–Crippen LogP) is 2.55. The molecule has 1 aliphatic carbocycles. The molecule has 0 aromatic carbocycles. The number of hydrogen-bond donors (Lipinski definition) is 1. The number of rotatable bonds is 5. The third kappa shape index (κ3) is 3.11. The lowest BCUT2D eigenvalue weighted by Gasteiger charge is -2.27. The van der Waals surface area contributed by atoms with Crippen molar-refractivity contribution in [3.8, 4) is 0 Å². The number of pyridine rings is 1. The van der Waals surface area contributed by atoms with E-state index in [1.807, 2.05) is 6.20 Å². The monoisotopic (exact) mass is 310 g/mol. The molecule has 0 radical (unpaired) electrons. The van der Waals surface area contributed by atoms with Gasteiger partial charge in [-0.2, -0.15) is 0 Å². The maximum atomic E-state index is 5.63. The largest absolute Gasteiger partial charge is 0.381 e. The lowest BCUT2D eigenvalue weighted by Crippen LogP contribution is -2.38. The minimum absolute atomic E-state index is 0.253. The van der Waals surface area contributed by atoms with Crippen LogP contribution in [-0.2, 0) is 11.2 Å². The number of nitrogens with zero attached hydrogens (tertiary/aromatic N) is 1. The highest BCUT2D eigenvalue weighted by Gasteiger charge is 2.36. The zero-order valence-electron chi connectivity index (χ0n) is 10.5. The predicted molar refractivity (Wildman–Crippen MR) is 74.5 cm³/mol. The van der Waals surface area contributed by atoms with Gasteiger partial charge in [0.2, 0.25) is 0 Å².